The summed E-state index contributed by atoms with van der Waals surface area (Å²) in [5, 5.41) is 29.5. The average Bonchev–Trinajstić information content (AvgIpc) is 3.36. The van der Waals surface area contributed by atoms with Gasteiger partial charge in [0.25, 0.3) is 0 Å². The van der Waals surface area contributed by atoms with Crippen LogP contribution < -0.4 is 0 Å². The number of pyridine rings is 1. The van der Waals surface area contributed by atoms with Crippen LogP contribution in [0, 0.1) is 5.92 Å². The highest BCUT2D eigenvalue weighted by Crippen LogP contribution is 2.27. The lowest BCUT2D eigenvalue weighted by atomic mass is 9.97. The molecule has 7 heteroatoms. The number of H-pyrrole nitrogens is 1. The first kappa shape index (κ1) is 18.3. The summed E-state index contributed by atoms with van der Waals surface area (Å²) in [5.41, 5.74) is 3.28. The van der Waals surface area contributed by atoms with E-state index in [0.29, 0.717) is 23.7 Å². The largest absolute Gasteiger partial charge is 0.390 e. The van der Waals surface area contributed by atoms with E-state index in [1.807, 2.05) is 61.0 Å². The lowest BCUT2D eigenvalue weighted by molar-refractivity contribution is 0.00624. The van der Waals surface area contributed by atoms with Gasteiger partial charge in [0.15, 0.2) is 5.82 Å². The molecule has 3 N–H and O–H groups in total. The number of aliphatic hydroxyl groups excluding tert-OH is 2. The summed E-state index contributed by atoms with van der Waals surface area (Å²) in [6, 6.07) is 11.8. The van der Waals surface area contributed by atoms with E-state index in [1.165, 1.54) is 0 Å². The summed E-state index contributed by atoms with van der Waals surface area (Å²) in [5.74, 6) is 1.01. The maximum Gasteiger partial charge on any atom is 0.161 e. The summed E-state index contributed by atoms with van der Waals surface area (Å²) in [6.07, 6.45) is 3.91. The monoisotopic (exact) mass is 377 g/mol. The Kier molecular flexibility index (Phi) is 4.93. The minimum absolute atomic E-state index is 0.305. The molecule has 2 atom stereocenters. The first-order chi connectivity index (χ1) is 13.5. The number of hydrogen-bond acceptors (Lipinski definition) is 5. The molecule has 1 aromatic carbocycles. The van der Waals surface area contributed by atoms with E-state index in [1.54, 1.807) is 12.5 Å². The molecule has 0 aliphatic rings. The minimum Gasteiger partial charge on any atom is -0.390 e. The van der Waals surface area contributed by atoms with Crippen molar-refractivity contribution in [3.05, 3.63) is 60.7 Å². The molecular formula is C21H23N5O2. The van der Waals surface area contributed by atoms with E-state index >= 15 is 0 Å². The van der Waals surface area contributed by atoms with Crippen molar-refractivity contribution in [3.8, 4) is 17.1 Å². The zero-order valence-corrected chi connectivity index (χ0v) is 15.8. The number of rotatable bonds is 6. The average molecular weight is 377 g/mol. The van der Waals surface area contributed by atoms with E-state index in [2.05, 4.69) is 20.2 Å². The van der Waals surface area contributed by atoms with Gasteiger partial charge in [0, 0.05) is 34.6 Å². The summed E-state index contributed by atoms with van der Waals surface area (Å²) in [4.78, 5) is 7.56. The van der Waals surface area contributed by atoms with E-state index in [9.17, 15) is 10.2 Å². The number of aromatic amines is 1. The quantitative estimate of drug-likeness (QED) is 0.479. The molecule has 7 nitrogen and oxygen atoms in total. The smallest absolute Gasteiger partial charge is 0.161 e. The fourth-order valence-electron chi connectivity index (χ4n) is 3.39. The Balaban J connectivity index is 1.66. The van der Waals surface area contributed by atoms with Crippen LogP contribution >= 0.6 is 0 Å². The Morgan fingerprint density at radius 3 is 2.75 bits per heavy atom. The lowest BCUT2D eigenvalue weighted by Gasteiger charge is -2.19. The van der Waals surface area contributed by atoms with Gasteiger partial charge in [-0.05, 0) is 36.6 Å². The van der Waals surface area contributed by atoms with Crippen LogP contribution in [0.25, 0.3) is 28.1 Å². The number of hydrogen-bond donors (Lipinski definition) is 3. The standard InChI is InChI=1S/C21H23N5O2/c1-13(2)8-18(27)19(28)16-9-15-6-7-26(21(15)22-11-16)17-5-3-4-14(10-17)20-23-12-24-25-20/h3-7,9-13,18-19,27-28H,8H2,1-2H3,(H,23,24,25)/t18-,19+/m0/s1. The van der Waals surface area contributed by atoms with Gasteiger partial charge in [-0.1, -0.05) is 26.0 Å². The zero-order chi connectivity index (χ0) is 19.7. The molecule has 0 fully saturated rings. The summed E-state index contributed by atoms with van der Waals surface area (Å²) in [6.45, 7) is 4.04. The highest BCUT2D eigenvalue weighted by atomic mass is 16.3. The fraction of sp³-hybridized carbons (Fsp3) is 0.286. The van der Waals surface area contributed by atoms with Crippen LogP contribution in [0.3, 0.4) is 0 Å². The van der Waals surface area contributed by atoms with Crippen molar-refractivity contribution >= 4 is 11.0 Å². The van der Waals surface area contributed by atoms with Crippen LogP contribution in [0.5, 0.6) is 0 Å². The Morgan fingerprint density at radius 2 is 2.00 bits per heavy atom. The van der Waals surface area contributed by atoms with Crippen molar-refractivity contribution in [3.63, 3.8) is 0 Å². The van der Waals surface area contributed by atoms with Gasteiger partial charge < -0.3 is 19.8 Å². The first-order valence-electron chi connectivity index (χ1n) is 9.33. The number of aliphatic hydroxyl groups is 2. The first-order valence-corrected chi connectivity index (χ1v) is 9.33. The second-order valence-electron chi connectivity index (χ2n) is 7.40. The van der Waals surface area contributed by atoms with Gasteiger partial charge in [-0.2, -0.15) is 0 Å². The summed E-state index contributed by atoms with van der Waals surface area (Å²) >= 11 is 0. The van der Waals surface area contributed by atoms with Gasteiger partial charge in [0.2, 0.25) is 0 Å². The normalized spacial score (nSPS) is 13.9. The molecule has 0 saturated carbocycles. The van der Waals surface area contributed by atoms with Crippen molar-refractivity contribution in [2.75, 3.05) is 0 Å². The van der Waals surface area contributed by atoms with Crippen molar-refractivity contribution in [1.29, 1.82) is 0 Å². The lowest BCUT2D eigenvalue weighted by Crippen LogP contribution is -2.20. The number of nitrogens with zero attached hydrogens (tertiary/aromatic N) is 4. The molecule has 0 bridgehead atoms. The van der Waals surface area contributed by atoms with E-state index in [-0.39, 0.29) is 0 Å². The molecule has 144 valence electrons. The summed E-state index contributed by atoms with van der Waals surface area (Å²) in [7, 11) is 0. The second-order valence-corrected chi connectivity index (χ2v) is 7.40. The maximum absolute atomic E-state index is 10.5. The molecular weight excluding hydrogens is 354 g/mol. The van der Waals surface area contributed by atoms with Crippen molar-refractivity contribution in [2.45, 2.75) is 32.5 Å². The molecule has 0 aliphatic carbocycles. The Hall–Kier alpha value is -3.03. The SMILES string of the molecule is CC(C)C[C@H](O)[C@H](O)c1cnc2c(ccn2-c2cccc(-c3nnc[nH]3)c2)c1. The molecule has 0 radical (unpaired) electrons. The topological polar surface area (TPSA) is 99.8 Å². The van der Waals surface area contributed by atoms with Gasteiger partial charge in [-0.25, -0.2) is 4.98 Å². The highest BCUT2D eigenvalue weighted by molar-refractivity contribution is 5.79. The van der Waals surface area contributed by atoms with Crippen molar-refractivity contribution < 1.29 is 10.2 Å². The van der Waals surface area contributed by atoms with E-state index in [4.69, 9.17) is 0 Å². The van der Waals surface area contributed by atoms with Gasteiger partial charge in [-0.15, -0.1) is 10.2 Å². The second kappa shape index (κ2) is 7.53. The molecule has 3 aromatic heterocycles. The summed E-state index contributed by atoms with van der Waals surface area (Å²) < 4.78 is 1.98. The van der Waals surface area contributed by atoms with E-state index in [0.717, 1.165) is 22.3 Å². The van der Waals surface area contributed by atoms with Gasteiger partial charge in [0.1, 0.15) is 18.1 Å². The van der Waals surface area contributed by atoms with Crippen LogP contribution in [0.4, 0.5) is 0 Å². The number of fused-ring (bicyclic) bond motifs is 1. The van der Waals surface area contributed by atoms with Crippen LogP contribution in [0.1, 0.15) is 31.9 Å². The van der Waals surface area contributed by atoms with Gasteiger partial charge in [-0.3, -0.25) is 0 Å². The molecule has 0 spiro atoms. The van der Waals surface area contributed by atoms with Crippen LogP contribution in [-0.2, 0) is 0 Å². The molecule has 0 amide bonds. The molecule has 4 rings (SSSR count). The Bertz CT molecular complexity index is 1070. The number of aromatic nitrogens is 5. The van der Waals surface area contributed by atoms with Crippen LogP contribution in [0.15, 0.2) is 55.1 Å². The fourth-order valence-corrected chi connectivity index (χ4v) is 3.39. The van der Waals surface area contributed by atoms with Crippen molar-refractivity contribution in [1.82, 2.24) is 24.7 Å². The third-order valence-corrected chi connectivity index (χ3v) is 4.78. The third kappa shape index (κ3) is 3.54. The molecule has 0 unspecified atom stereocenters. The van der Waals surface area contributed by atoms with Crippen LogP contribution in [0.2, 0.25) is 0 Å². The highest BCUT2D eigenvalue weighted by Gasteiger charge is 2.20. The molecule has 3 heterocycles. The molecule has 28 heavy (non-hydrogen) atoms. The third-order valence-electron chi connectivity index (χ3n) is 4.78. The number of benzene rings is 1. The zero-order valence-electron chi connectivity index (χ0n) is 15.8. The molecule has 4 aromatic rings. The maximum atomic E-state index is 10.5. The van der Waals surface area contributed by atoms with Gasteiger partial charge >= 0.3 is 0 Å². The van der Waals surface area contributed by atoms with Gasteiger partial charge in [0.05, 0.1) is 6.10 Å². The Morgan fingerprint density at radius 1 is 1.14 bits per heavy atom. The van der Waals surface area contributed by atoms with Crippen LogP contribution in [-0.4, -0.2) is 41.0 Å². The predicted octanol–water partition coefficient (Wildman–Crippen LogP) is 3.25. The molecule has 0 aliphatic heterocycles. The minimum atomic E-state index is -0.947. The number of nitrogens with one attached hydrogen (secondary N) is 1. The van der Waals surface area contributed by atoms with E-state index < -0.39 is 12.2 Å². The van der Waals surface area contributed by atoms with Crippen molar-refractivity contribution in [2.24, 2.45) is 5.92 Å². The predicted molar refractivity (Wildman–Crippen MR) is 107 cm³/mol. The molecule has 0 saturated heterocycles. The Labute approximate surface area is 162 Å².